The number of nitrogens with one attached hydrogen (secondary N) is 9. The van der Waals surface area contributed by atoms with E-state index in [4.69, 9.17) is 40.1 Å². The largest absolute Gasteiger partial charge is 0.481 e. The summed E-state index contributed by atoms with van der Waals surface area (Å²) in [5.74, 6) is -12.2. The molecule has 0 fully saturated rings. The maximum absolute atomic E-state index is 14.4. The molecule has 0 unspecified atom stereocenters. The Kier molecular flexibility index (Phi) is 41.4. The monoisotopic (exact) mass is 1260 g/mol. The van der Waals surface area contributed by atoms with Gasteiger partial charge in [0, 0.05) is 25.1 Å². The number of hydrogen-bond acceptors (Lipinski definition) is 19. The summed E-state index contributed by atoms with van der Waals surface area (Å²) in [4.78, 5) is 164. The number of nitrogens with zero attached hydrogens (tertiary/aromatic N) is 1. The van der Waals surface area contributed by atoms with Crippen molar-refractivity contribution in [1.82, 2.24) is 47.9 Å². The number of aliphatic carboxylic acids is 2. The van der Waals surface area contributed by atoms with Gasteiger partial charge in [-0.15, -0.1) is 0 Å². The number of thiol groups is 1. The predicted octanol–water partition coefficient (Wildman–Crippen LogP) is -4.28. The third-order valence-electron chi connectivity index (χ3n) is 13.3. The molecule has 0 aliphatic heterocycles. The number of carbonyl (C=O) groups excluding carboxylic acids is 10. The van der Waals surface area contributed by atoms with Crippen molar-refractivity contribution in [1.29, 1.82) is 0 Å². The SMILES string of the molecule is CSCC[C@H](NC(=O)[C@H](CCCCN)NC(=O)[C@@H](NC(=O)[C@H](CCCN=C(N)N)NC(=O)[C@H](CS)NC(=O)[C@@H](N)CCCCN)C(C)C)C(=O)N[C@@H](CCC(=O)O)C(=O)N[C@@H](CCCCN)C(=O)N[C@@H](CC(C)C)C(=O)N[C@@H](CCC(N)=O)C(=O)O. The second-order valence-corrected chi connectivity index (χ2v) is 22.8. The van der Waals surface area contributed by atoms with Crippen LogP contribution >= 0.6 is 24.4 Å². The van der Waals surface area contributed by atoms with E-state index in [2.05, 4.69) is 65.5 Å². The van der Waals surface area contributed by atoms with Crippen LogP contribution in [-0.4, -0.2) is 192 Å². The predicted molar refractivity (Wildman–Crippen MR) is 328 cm³/mol. The number of aliphatic imine (C=N–C) groups is 1. The third-order valence-corrected chi connectivity index (χ3v) is 14.3. The molecule has 31 nitrogen and oxygen atoms in total. The zero-order valence-electron chi connectivity index (χ0n) is 50.3. The van der Waals surface area contributed by atoms with E-state index in [1.165, 1.54) is 11.8 Å². The summed E-state index contributed by atoms with van der Waals surface area (Å²) >= 11 is 5.54. The molecule has 33 heteroatoms. The highest BCUT2D eigenvalue weighted by Crippen LogP contribution is 2.13. The summed E-state index contributed by atoms with van der Waals surface area (Å²) in [5, 5.41) is 42.6. The molecule has 492 valence electrons. The molecule has 25 N–H and O–H groups in total. The minimum absolute atomic E-state index is 0.00619. The van der Waals surface area contributed by atoms with E-state index in [9.17, 15) is 67.7 Å². The Morgan fingerprint density at radius 1 is 0.465 bits per heavy atom. The summed E-state index contributed by atoms with van der Waals surface area (Å²) in [5.41, 5.74) is 39.3. The van der Waals surface area contributed by atoms with Gasteiger partial charge in [-0.2, -0.15) is 24.4 Å². The molecule has 0 saturated heterocycles. The molecule has 0 aromatic heterocycles. The Labute approximate surface area is 513 Å². The van der Waals surface area contributed by atoms with Crippen LogP contribution in [0.15, 0.2) is 4.99 Å². The van der Waals surface area contributed by atoms with Crippen LogP contribution in [0.3, 0.4) is 0 Å². The van der Waals surface area contributed by atoms with E-state index in [-0.39, 0.29) is 101 Å². The van der Waals surface area contributed by atoms with E-state index in [0.717, 1.165) is 0 Å². The van der Waals surface area contributed by atoms with Crippen LogP contribution in [0.1, 0.15) is 137 Å². The van der Waals surface area contributed by atoms with Crippen LogP contribution in [-0.2, 0) is 57.5 Å². The minimum Gasteiger partial charge on any atom is -0.481 e. The maximum atomic E-state index is 14.4. The van der Waals surface area contributed by atoms with Crippen LogP contribution in [0.5, 0.6) is 0 Å². The first kappa shape index (κ1) is 79.5. The molecule has 0 radical (unpaired) electrons. The van der Waals surface area contributed by atoms with Gasteiger partial charge < -0.3 is 98.2 Å². The van der Waals surface area contributed by atoms with Crippen molar-refractivity contribution < 1.29 is 67.7 Å². The number of hydrogen-bond donors (Lipinski definition) is 19. The lowest BCUT2D eigenvalue weighted by Crippen LogP contribution is -2.61. The fourth-order valence-electron chi connectivity index (χ4n) is 8.38. The molecule has 0 aliphatic rings. The Morgan fingerprint density at radius 2 is 0.849 bits per heavy atom. The van der Waals surface area contributed by atoms with Gasteiger partial charge in [0.15, 0.2) is 5.96 Å². The Balaban J connectivity index is 6.92. The topological polar surface area (TPSA) is 548 Å². The fraction of sp³-hybridized carbons (Fsp3) is 0.755. The molecule has 10 amide bonds. The number of nitrogens with two attached hydrogens (primary N) is 7. The molecule has 0 heterocycles. The normalized spacial score (nSPS) is 14.7. The second-order valence-electron chi connectivity index (χ2n) is 21.5. The van der Waals surface area contributed by atoms with Crippen molar-refractivity contribution >= 4 is 101 Å². The van der Waals surface area contributed by atoms with Crippen molar-refractivity contribution in [2.75, 3.05) is 43.9 Å². The third kappa shape index (κ3) is 34.0. The van der Waals surface area contributed by atoms with Gasteiger partial charge in [0.1, 0.15) is 54.4 Å². The molecule has 0 spiro atoms. The zero-order chi connectivity index (χ0) is 65.5. The van der Waals surface area contributed by atoms with Gasteiger partial charge >= 0.3 is 11.9 Å². The number of amides is 10. The first-order chi connectivity index (χ1) is 40.6. The molecule has 0 aromatic rings. The number of thioether (sulfide) groups is 1. The van der Waals surface area contributed by atoms with Gasteiger partial charge in [0.2, 0.25) is 59.1 Å². The van der Waals surface area contributed by atoms with Gasteiger partial charge in [-0.3, -0.25) is 57.7 Å². The lowest BCUT2D eigenvalue weighted by molar-refractivity contribution is -0.143. The summed E-state index contributed by atoms with van der Waals surface area (Å²) in [6, 6.07) is -13.5. The average molecular weight is 1260 g/mol. The number of rotatable bonds is 48. The highest BCUT2D eigenvalue weighted by molar-refractivity contribution is 7.98. The van der Waals surface area contributed by atoms with Crippen molar-refractivity contribution in [2.45, 2.75) is 197 Å². The summed E-state index contributed by atoms with van der Waals surface area (Å²) in [6.07, 6.45) is 2.86. The van der Waals surface area contributed by atoms with E-state index in [0.29, 0.717) is 45.1 Å². The maximum Gasteiger partial charge on any atom is 0.326 e. The number of primary amides is 1. The second kappa shape index (κ2) is 44.8. The average Bonchev–Trinajstić information content (AvgIpc) is 2.91. The van der Waals surface area contributed by atoms with Crippen LogP contribution in [0.2, 0.25) is 0 Å². The molecular weight excluding hydrogens is 1160 g/mol. The summed E-state index contributed by atoms with van der Waals surface area (Å²) in [7, 11) is 0. The van der Waals surface area contributed by atoms with Crippen molar-refractivity contribution in [3.63, 3.8) is 0 Å². The Morgan fingerprint density at radius 3 is 1.27 bits per heavy atom. The Hall–Kier alpha value is -6.55. The van der Waals surface area contributed by atoms with Crippen LogP contribution in [0, 0.1) is 11.8 Å². The molecule has 0 aliphatic carbocycles. The van der Waals surface area contributed by atoms with Crippen LogP contribution < -0.4 is 88.0 Å². The fourth-order valence-corrected chi connectivity index (χ4v) is 9.11. The lowest BCUT2D eigenvalue weighted by Gasteiger charge is -2.29. The smallest absolute Gasteiger partial charge is 0.326 e. The number of guanidine groups is 1. The number of carboxylic acids is 2. The molecule has 0 rings (SSSR count). The van der Waals surface area contributed by atoms with Crippen LogP contribution in [0.4, 0.5) is 0 Å². The number of carbonyl (C=O) groups is 12. The van der Waals surface area contributed by atoms with E-state index < -0.39 is 150 Å². The highest BCUT2D eigenvalue weighted by Gasteiger charge is 2.36. The van der Waals surface area contributed by atoms with E-state index >= 15 is 0 Å². The minimum atomic E-state index is -1.62. The van der Waals surface area contributed by atoms with Gasteiger partial charge in [0.05, 0.1) is 6.04 Å². The summed E-state index contributed by atoms with van der Waals surface area (Å²) in [6.45, 7) is 7.62. The highest BCUT2D eigenvalue weighted by atomic mass is 32.2. The van der Waals surface area contributed by atoms with E-state index in [1.807, 2.05) is 0 Å². The molecule has 0 bridgehead atoms. The molecule has 10 atom stereocenters. The van der Waals surface area contributed by atoms with Gasteiger partial charge in [-0.25, -0.2) is 4.79 Å². The first-order valence-electron chi connectivity index (χ1n) is 29.0. The van der Waals surface area contributed by atoms with Crippen molar-refractivity contribution in [3.05, 3.63) is 0 Å². The molecular formula is C53H99N17O14S2. The van der Waals surface area contributed by atoms with Crippen molar-refractivity contribution in [2.24, 2.45) is 57.0 Å². The standard InChI is InChI=1S/C53H99N17O14S2/c1-29(2)27-38(49(80)67-37(52(83)84)17-19-40(58)71)68-45(76)32(14-7-10-23-55)62-46(77)35(18-20-41(72)73)64-47(78)36(21-26-86-5)65-44(75)33(15-8-11-24-56)66-51(82)42(30(3)4)70-48(79)34(16-12-25-61-53(59)60)63-50(81)39(28-85)69-43(74)31(57)13-6-9-22-54/h29-39,42,85H,6-28,54-57H2,1-5H3,(H2,58,71)(H,62,77)(H,63,81)(H,64,78)(H,65,75)(H,66,82)(H,67,80)(H,68,76)(H,69,74)(H,70,79)(H,72,73)(H,83,84)(H4,59,60,61)/t31-,32-,33-,34-,35-,36-,37-,38-,39-,42-/m0/s1. The summed E-state index contributed by atoms with van der Waals surface area (Å²) < 4.78 is 0. The lowest BCUT2D eigenvalue weighted by atomic mass is 10.00. The number of unbranched alkanes of at least 4 members (excludes halogenated alkanes) is 3. The van der Waals surface area contributed by atoms with E-state index in [1.54, 1.807) is 34.0 Å². The zero-order valence-corrected chi connectivity index (χ0v) is 52.0. The first-order valence-corrected chi connectivity index (χ1v) is 31.1. The van der Waals surface area contributed by atoms with Gasteiger partial charge in [-0.05, 0) is 133 Å². The molecule has 86 heavy (non-hydrogen) atoms. The van der Waals surface area contributed by atoms with Crippen LogP contribution in [0.25, 0.3) is 0 Å². The Bertz CT molecular complexity index is 2210. The van der Waals surface area contributed by atoms with Crippen molar-refractivity contribution in [3.8, 4) is 0 Å². The number of carboxylic acid groups (broad SMARTS) is 2. The molecule has 0 saturated carbocycles. The van der Waals surface area contributed by atoms with Gasteiger partial charge in [-0.1, -0.05) is 34.1 Å². The van der Waals surface area contributed by atoms with Gasteiger partial charge in [0.25, 0.3) is 0 Å². The quantitative estimate of drug-likeness (QED) is 0.0119. The molecule has 0 aromatic carbocycles.